The van der Waals surface area contributed by atoms with E-state index in [-0.39, 0.29) is 0 Å². The quantitative estimate of drug-likeness (QED) is 0.507. The summed E-state index contributed by atoms with van der Waals surface area (Å²) in [6, 6.07) is 0. The van der Waals surface area contributed by atoms with Crippen molar-refractivity contribution in [3.63, 3.8) is 0 Å². The van der Waals surface area contributed by atoms with Crippen LogP contribution in [0.15, 0.2) is 0 Å². The highest BCUT2D eigenvalue weighted by Crippen LogP contribution is 2.53. The van der Waals surface area contributed by atoms with Crippen molar-refractivity contribution in [2.24, 2.45) is 0 Å². The topological polar surface area (TPSA) is 61.8 Å². The van der Waals surface area contributed by atoms with E-state index in [2.05, 4.69) is 4.74 Å². The summed E-state index contributed by atoms with van der Waals surface area (Å²) < 4.78 is 25.6. The molecule has 0 fully saturated rings. The molecule has 78 valence electrons. The molecule has 0 saturated heterocycles. The molecule has 0 radical (unpaired) electrons. The first-order valence-corrected chi connectivity index (χ1v) is 5.45. The first kappa shape index (κ1) is 12.6. The van der Waals surface area contributed by atoms with Crippen LogP contribution in [0, 0.1) is 0 Å². The predicted octanol–water partition coefficient (Wildman–Crippen LogP) is 1.42. The molecule has 5 nitrogen and oxygen atoms in total. The summed E-state index contributed by atoms with van der Waals surface area (Å²) >= 11 is 0. The summed E-state index contributed by atoms with van der Waals surface area (Å²) in [5.74, 6) is -0.575. The maximum absolute atomic E-state index is 11.7. The third kappa shape index (κ3) is 2.79. The van der Waals surface area contributed by atoms with Crippen molar-refractivity contribution in [3.05, 3.63) is 0 Å². The monoisotopic (exact) mass is 210 g/mol. The molecule has 0 N–H and O–H groups in total. The first-order valence-electron chi connectivity index (χ1n) is 3.84. The normalized spacial score (nSPS) is 13.8. The predicted molar refractivity (Wildman–Crippen MR) is 47.7 cm³/mol. The molecule has 6 heteroatoms. The van der Waals surface area contributed by atoms with E-state index in [1.165, 1.54) is 21.3 Å². The van der Waals surface area contributed by atoms with Crippen LogP contribution in [0.5, 0.6) is 0 Å². The number of esters is 1. The van der Waals surface area contributed by atoms with Crippen LogP contribution < -0.4 is 0 Å². The highest BCUT2D eigenvalue weighted by molar-refractivity contribution is 7.55. The van der Waals surface area contributed by atoms with E-state index in [4.69, 9.17) is 9.05 Å². The van der Waals surface area contributed by atoms with E-state index in [1.807, 2.05) is 0 Å². The summed E-state index contributed by atoms with van der Waals surface area (Å²) in [4.78, 5) is 11.2. The lowest BCUT2D eigenvalue weighted by Gasteiger charge is -2.20. The standard InChI is InChI=1S/C7H15O5P/c1-5-6(7(8)10-2)13(9,11-3)12-4/h6H,5H2,1-4H3. The maximum Gasteiger partial charge on any atom is 0.344 e. The Hall–Kier alpha value is -0.380. The van der Waals surface area contributed by atoms with Crippen molar-refractivity contribution < 1.29 is 23.1 Å². The van der Waals surface area contributed by atoms with E-state index in [0.717, 1.165) is 0 Å². The van der Waals surface area contributed by atoms with Crippen molar-refractivity contribution in [2.45, 2.75) is 19.0 Å². The molecule has 0 aromatic heterocycles. The van der Waals surface area contributed by atoms with Crippen LogP contribution in [0.4, 0.5) is 0 Å². The Morgan fingerprint density at radius 1 is 1.31 bits per heavy atom. The lowest BCUT2D eigenvalue weighted by Crippen LogP contribution is -2.23. The minimum absolute atomic E-state index is 0.353. The van der Waals surface area contributed by atoms with Gasteiger partial charge in [0.05, 0.1) is 7.11 Å². The zero-order valence-corrected chi connectivity index (χ0v) is 9.17. The summed E-state index contributed by atoms with van der Waals surface area (Å²) in [6.45, 7) is 1.71. The Morgan fingerprint density at radius 3 is 2.00 bits per heavy atom. The van der Waals surface area contributed by atoms with Crippen LogP contribution in [0.25, 0.3) is 0 Å². The van der Waals surface area contributed by atoms with Crippen LogP contribution >= 0.6 is 7.60 Å². The Balaban J connectivity index is 4.73. The molecule has 1 unspecified atom stereocenters. The van der Waals surface area contributed by atoms with Crippen LogP contribution in [0.1, 0.15) is 13.3 Å². The fourth-order valence-corrected chi connectivity index (χ4v) is 2.45. The van der Waals surface area contributed by atoms with Crippen molar-refractivity contribution in [1.82, 2.24) is 0 Å². The van der Waals surface area contributed by atoms with Crippen LogP contribution in [0.2, 0.25) is 0 Å². The minimum atomic E-state index is -3.34. The van der Waals surface area contributed by atoms with Gasteiger partial charge in [0.1, 0.15) is 0 Å². The summed E-state index contributed by atoms with van der Waals surface area (Å²) in [7, 11) is 0.390. The molecule has 13 heavy (non-hydrogen) atoms. The van der Waals surface area contributed by atoms with E-state index in [9.17, 15) is 9.36 Å². The molecular formula is C7H15O5P. The Bertz CT molecular complexity index is 207. The van der Waals surface area contributed by atoms with Gasteiger partial charge in [-0.25, -0.2) is 0 Å². The molecule has 0 aromatic rings. The second-order valence-electron chi connectivity index (χ2n) is 2.35. The minimum Gasteiger partial charge on any atom is -0.468 e. The molecule has 0 aliphatic heterocycles. The highest BCUT2D eigenvalue weighted by atomic mass is 31.2. The van der Waals surface area contributed by atoms with Crippen LogP contribution in [-0.2, 0) is 23.1 Å². The first-order chi connectivity index (χ1) is 6.05. The highest BCUT2D eigenvalue weighted by Gasteiger charge is 2.39. The van der Waals surface area contributed by atoms with E-state index >= 15 is 0 Å². The van der Waals surface area contributed by atoms with Crippen LogP contribution in [0.3, 0.4) is 0 Å². The van der Waals surface area contributed by atoms with Gasteiger partial charge in [0.2, 0.25) is 0 Å². The molecule has 0 saturated carbocycles. The Labute approximate surface area is 77.9 Å². The molecule has 0 aliphatic rings. The van der Waals surface area contributed by atoms with Gasteiger partial charge >= 0.3 is 13.6 Å². The van der Waals surface area contributed by atoms with E-state index < -0.39 is 19.2 Å². The Morgan fingerprint density at radius 2 is 1.77 bits per heavy atom. The molecule has 0 aromatic carbocycles. The molecular weight excluding hydrogens is 195 g/mol. The van der Waals surface area contributed by atoms with Crippen LogP contribution in [-0.4, -0.2) is 33.0 Å². The number of hydrogen-bond acceptors (Lipinski definition) is 5. The Kier molecular flexibility index (Phi) is 5.21. The number of methoxy groups -OCH3 is 1. The zero-order valence-electron chi connectivity index (χ0n) is 8.27. The third-order valence-corrected chi connectivity index (χ3v) is 4.11. The zero-order chi connectivity index (χ0) is 10.5. The van der Waals surface area contributed by atoms with Crippen molar-refractivity contribution in [2.75, 3.05) is 21.3 Å². The van der Waals surface area contributed by atoms with Crippen molar-refractivity contribution in [1.29, 1.82) is 0 Å². The fourth-order valence-electron chi connectivity index (χ4n) is 0.984. The largest absolute Gasteiger partial charge is 0.468 e. The smallest absolute Gasteiger partial charge is 0.344 e. The molecule has 0 amide bonds. The average Bonchev–Trinajstić information content (AvgIpc) is 2.18. The number of carbonyl (C=O) groups is 1. The summed E-state index contributed by atoms with van der Waals surface area (Å²) in [6.07, 6.45) is 0.353. The third-order valence-electron chi connectivity index (χ3n) is 1.75. The van der Waals surface area contributed by atoms with Gasteiger partial charge in [-0.05, 0) is 6.42 Å². The van der Waals surface area contributed by atoms with Crippen molar-refractivity contribution in [3.8, 4) is 0 Å². The van der Waals surface area contributed by atoms with Gasteiger partial charge in [-0.15, -0.1) is 0 Å². The number of ether oxygens (including phenoxy) is 1. The second-order valence-corrected chi connectivity index (χ2v) is 4.79. The fraction of sp³-hybridized carbons (Fsp3) is 0.857. The van der Waals surface area contributed by atoms with Gasteiger partial charge in [0, 0.05) is 14.2 Å². The second kappa shape index (κ2) is 5.37. The summed E-state index contributed by atoms with van der Waals surface area (Å²) in [5.41, 5.74) is -0.840. The molecule has 0 heterocycles. The van der Waals surface area contributed by atoms with Gasteiger partial charge in [-0.3, -0.25) is 9.36 Å². The SMILES string of the molecule is CCC(C(=O)OC)P(=O)(OC)OC. The lowest BCUT2D eigenvalue weighted by atomic mass is 10.3. The molecule has 0 spiro atoms. The molecule has 0 aliphatic carbocycles. The number of rotatable bonds is 5. The number of hydrogen-bond donors (Lipinski definition) is 0. The molecule has 1 atom stereocenters. The van der Waals surface area contributed by atoms with Gasteiger partial charge in [0.25, 0.3) is 0 Å². The van der Waals surface area contributed by atoms with Gasteiger partial charge in [0.15, 0.2) is 5.66 Å². The van der Waals surface area contributed by atoms with Gasteiger partial charge in [-0.1, -0.05) is 6.92 Å². The molecule has 0 rings (SSSR count). The van der Waals surface area contributed by atoms with Gasteiger partial charge < -0.3 is 13.8 Å². The average molecular weight is 210 g/mol. The molecule has 0 bridgehead atoms. The summed E-state index contributed by atoms with van der Waals surface area (Å²) in [5, 5.41) is 0. The van der Waals surface area contributed by atoms with Crippen molar-refractivity contribution >= 4 is 13.6 Å². The maximum atomic E-state index is 11.7. The number of carbonyl (C=O) groups excluding carboxylic acids is 1. The lowest BCUT2D eigenvalue weighted by molar-refractivity contribution is -0.140. The van der Waals surface area contributed by atoms with Gasteiger partial charge in [-0.2, -0.15) is 0 Å². The van der Waals surface area contributed by atoms with E-state index in [1.54, 1.807) is 6.92 Å². The van der Waals surface area contributed by atoms with E-state index in [0.29, 0.717) is 6.42 Å².